The molecule has 0 aliphatic carbocycles. The van der Waals surface area contributed by atoms with Gasteiger partial charge in [0.1, 0.15) is 18.0 Å². The maximum absolute atomic E-state index is 4.40. The van der Waals surface area contributed by atoms with E-state index in [9.17, 15) is 0 Å². The number of aryl methyl sites for hydroxylation is 3. The third-order valence-electron chi connectivity index (χ3n) is 4.77. The zero-order chi connectivity index (χ0) is 21.6. The molecule has 4 rings (SSSR count). The van der Waals surface area contributed by atoms with Crippen molar-refractivity contribution in [3.05, 3.63) is 79.4 Å². The van der Waals surface area contributed by atoms with E-state index in [0.29, 0.717) is 6.67 Å². The average molecular weight is 416 g/mol. The van der Waals surface area contributed by atoms with Crippen LogP contribution in [0.5, 0.6) is 0 Å². The van der Waals surface area contributed by atoms with Gasteiger partial charge in [-0.15, -0.1) is 0 Å². The molecule has 0 bridgehead atoms. The molecule has 0 saturated carbocycles. The summed E-state index contributed by atoms with van der Waals surface area (Å²) in [6.45, 7) is 0.560. The molecule has 2 aromatic carbocycles. The first-order valence-electron chi connectivity index (χ1n) is 9.88. The first-order valence-corrected chi connectivity index (χ1v) is 9.88. The van der Waals surface area contributed by atoms with Gasteiger partial charge in [0.05, 0.1) is 45.9 Å². The minimum absolute atomic E-state index is 0.560. The molecule has 0 saturated heterocycles. The van der Waals surface area contributed by atoms with Crippen molar-refractivity contribution in [1.82, 2.24) is 9.13 Å². The molecule has 0 radical (unpaired) electrons. The van der Waals surface area contributed by atoms with Gasteiger partial charge in [0.2, 0.25) is 0 Å². The third-order valence-corrected chi connectivity index (χ3v) is 4.77. The van der Waals surface area contributed by atoms with Gasteiger partial charge in [0.25, 0.3) is 0 Å². The van der Waals surface area contributed by atoms with Crippen LogP contribution in [0.25, 0.3) is 0 Å². The lowest BCUT2D eigenvalue weighted by molar-refractivity contribution is -0.657. The average Bonchev–Trinajstić information content (AvgIpc) is 3.31. The molecule has 0 atom stereocenters. The summed E-state index contributed by atoms with van der Waals surface area (Å²) in [5.74, 6) is 1.53. The zero-order valence-corrected chi connectivity index (χ0v) is 17.8. The van der Waals surface area contributed by atoms with Crippen LogP contribution in [0, 0.1) is 0 Å². The molecular weight excluding hydrogens is 390 g/mol. The molecule has 156 valence electrons. The van der Waals surface area contributed by atoms with Gasteiger partial charge in [-0.05, 0) is 36.4 Å². The summed E-state index contributed by atoms with van der Waals surface area (Å²) >= 11 is 0. The molecule has 2 heterocycles. The summed E-state index contributed by atoms with van der Waals surface area (Å²) in [6.07, 6.45) is 7.80. The van der Waals surface area contributed by atoms with Crippen LogP contribution in [0.3, 0.4) is 0 Å². The largest absolute Gasteiger partial charge is 0.422 e. The van der Waals surface area contributed by atoms with Crippen LogP contribution in [-0.2, 0) is 27.8 Å². The number of hydrogen-bond donors (Lipinski definition) is 1. The van der Waals surface area contributed by atoms with E-state index in [-0.39, 0.29) is 0 Å². The van der Waals surface area contributed by atoms with Gasteiger partial charge in [0, 0.05) is 15.9 Å². The standard InChI is InChI=1S/C22H24N9/c1-28-13-14-29(2)21(28)26-25-20-11-9-18(10-12-20)23-17-31-16-15-30(3)22(31)27-24-19-7-5-4-6-8-19/h4-16H,17H2,1-3H3/q+1/p+1. The van der Waals surface area contributed by atoms with E-state index in [0.717, 1.165) is 29.0 Å². The zero-order valence-electron chi connectivity index (χ0n) is 17.8. The molecule has 1 N–H and O–H groups in total. The minimum atomic E-state index is 0.560. The highest BCUT2D eigenvalue weighted by Crippen LogP contribution is 2.20. The number of hydrogen-bond acceptors (Lipinski definition) is 5. The summed E-state index contributed by atoms with van der Waals surface area (Å²) in [6, 6.07) is 17.5. The topological polar surface area (TPSA) is 79.1 Å². The molecular formula is C22H25N9+2. The summed E-state index contributed by atoms with van der Waals surface area (Å²) in [4.78, 5) is 0. The number of azo groups is 2. The molecule has 0 amide bonds. The van der Waals surface area contributed by atoms with Crippen LogP contribution in [0.4, 0.5) is 29.0 Å². The van der Waals surface area contributed by atoms with Crippen molar-refractivity contribution in [3.8, 4) is 0 Å². The lowest BCUT2D eigenvalue weighted by Gasteiger charge is -2.04. The number of rotatable bonds is 7. The smallest absolute Gasteiger partial charge is 0.355 e. The molecule has 0 aliphatic heterocycles. The quantitative estimate of drug-likeness (QED) is 0.353. The van der Waals surface area contributed by atoms with Crippen LogP contribution in [0.15, 0.2) is 99.8 Å². The Kier molecular flexibility index (Phi) is 5.93. The summed E-state index contributed by atoms with van der Waals surface area (Å²) in [5, 5.41) is 20.8. The van der Waals surface area contributed by atoms with E-state index in [1.807, 2.05) is 119 Å². The molecule has 0 spiro atoms. The van der Waals surface area contributed by atoms with Gasteiger partial charge in [-0.3, -0.25) is 0 Å². The van der Waals surface area contributed by atoms with E-state index in [4.69, 9.17) is 0 Å². The van der Waals surface area contributed by atoms with E-state index >= 15 is 0 Å². The Labute approximate surface area is 180 Å². The van der Waals surface area contributed by atoms with Crippen LogP contribution < -0.4 is 14.5 Å². The van der Waals surface area contributed by atoms with E-state index < -0.39 is 0 Å². The second-order valence-corrected chi connectivity index (χ2v) is 7.12. The number of nitrogens with one attached hydrogen (secondary N) is 1. The summed E-state index contributed by atoms with van der Waals surface area (Å²) in [7, 11) is 5.83. The molecule has 4 aromatic rings. The van der Waals surface area contributed by atoms with Gasteiger partial charge in [-0.1, -0.05) is 28.4 Å². The van der Waals surface area contributed by atoms with Gasteiger partial charge < -0.3 is 5.32 Å². The highest BCUT2D eigenvalue weighted by atomic mass is 15.3. The Morgan fingerprint density at radius 1 is 0.742 bits per heavy atom. The van der Waals surface area contributed by atoms with Crippen molar-refractivity contribution in [2.24, 2.45) is 41.6 Å². The SMILES string of the molecule is Cn1cc[n+](C)c1N=Nc1ccc(NCn2cc[n+](C)c2N=Nc2ccccc2)cc1. The van der Waals surface area contributed by atoms with Crippen molar-refractivity contribution in [2.45, 2.75) is 6.67 Å². The number of aromatic nitrogens is 4. The van der Waals surface area contributed by atoms with E-state index in [2.05, 4.69) is 25.8 Å². The van der Waals surface area contributed by atoms with E-state index in [1.165, 1.54) is 0 Å². The number of nitrogens with zero attached hydrogens (tertiary/aromatic N) is 8. The maximum Gasteiger partial charge on any atom is 0.422 e. The fourth-order valence-electron chi connectivity index (χ4n) is 3.01. The Balaban J connectivity index is 1.40. The highest BCUT2D eigenvalue weighted by molar-refractivity contribution is 5.50. The summed E-state index contributed by atoms with van der Waals surface area (Å²) < 4.78 is 7.77. The lowest BCUT2D eigenvalue weighted by Crippen LogP contribution is -2.26. The van der Waals surface area contributed by atoms with Crippen LogP contribution in [-0.4, -0.2) is 9.13 Å². The normalized spacial score (nSPS) is 11.6. The number of benzene rings is 2. The van der Waals surface area contributed by atoms with Crippen molar-refractivity contribution >= 4 is 29.0 Å². The molecule has 31 heavy (non-hydrogen) atoms. The first kappa shape index (κ1) is 20.1. The molecule has 0 aliphatic rings. The van der Waals surface area contributed by atoms with Crippen molar-refractivity contribution in [3.63, 3.8) is 0 Å². The van der Waals surface area contributed by atoms with E-state index in [1.54, 1.807) is 0 Å². The van der Waals surface area contributed by atoms with Gasteiger partial charge in [0.15, 0.2) is 0 Å². The fraction of sp³-hybridized carbons (Fsp3) is 0.182. The third kappa shape index (κ3) is 4.89. The predicted molar refractivity (Wildman–Crippen MR) is 117 cm³/mol. The minimum Gasteiger partial charge on any atom is -0.355 e. The second-order valence-electron chi connectivity index (χ2n) is 7.12. The molecule has 9 nitrogen and oxygen atoms in total. The summed E-state index contributed by atoms with van der Waals surface area (Å²) in [5.41, 5.74) is 2.58. The number of anilines is 1. The van der Waals surface area contributed by atoms with Crippen LogP contribution in [0.2, 0.25) is 0 Å². The Hall–Kier alpha value is -4.14. The monoisotopic (exact) mass is 415 g/mol. The molecule has 9 heteroatoms. The van der Waals surface area contributed by atoms with Crippen LogP contribution in [0.1, 0.15) is 0 Å². The van der Waals surface area contributed by atoms with Crippen molar-refractivity contribution < 1.29 is 9.13 Å². The van der Waals surface area contributed by atoms with Gasteiger partial charge >= 0.3 is 11.9 Å². The lowest BCUT2D eigenvalue weighted by atomic mass is 10.3. The van der Waals surface area contributed by atoms with Crippen molar-refractivity contribution in [1.29, 1.82) is 0 Å². The predicted octanol–water partition coefficient (Wildman–Crippen LogP) is 4.38. The Morgan fingerprint density at radius 2 is 1.35 bits per heavy atom. The molecule has 2 aromatic heterocycles. The van der Waals surface area contributed by atoms with Gasteiger partial charge in [-0.2, -0.15) is 0 Å². The second kappa shape index (κ2) is 9.12. The fourth-order valence-corrected chi connectivity index (χ4v) is 3.01. The molecule has 0 fully saturated rings. The Bertz CT molecular complexity index is 1180. The van der Waals surface area contributed by atoms with Crippen molar-refractivity contribution in [2.75, 3.05) is 5.32 Å². The Morgan fingerprint density at radius 3 is 2.03 bits per heavy atom. The van der Waals surface area contributed by atoms with Gasteiger partial charge in [-0.25, -0.2) is 18.3 Å². The first-order chi connectivity index (χ1) is 15.1. The molecule has 0 unspecified atom stereocenters. The van der Waals surface area contributed by atoms with Crippen LogP contribution >= 0.6 is 0 Å². The number of imidazole rings is 2. The maximum atomic E-state index is 4.40. The highest BCUT2D eigenvalue weighted by Gasteiger charge is 2.14.